The first kappa shape index (κ1) is 15.1. The number of halogens is 1. The average molecular weight is 378 g/mol. The number of anilines is 1. The second-order valence-electron chi connectivity index (χ2n) is 5.94. The molecule has 0 spiro atoms. The molecule has 0 N–H and O–H groups in total. The molecule has 2 heterocycles. The van der Waals surface area contributed by atoms with E-state index in [9.17, 15) is 0 Å². The Kier molecular flexibility index (Phi) is 3.69. The van der Waals surface area contributed by atoms with Crippen molar-refractivity contribution in [2.24, 2.45) is 0 Å². The molecule has 0 unspecified atom stereocenters. The minimum Gasteiger partial charge on any atom is -0.363 e. The van der Waals surface area contributed by atoms with E-state index >= 15 is 0 Å². The Morgan fingerprint density at radius 1 is 0.792 bits per heavy atom. The second-order valence-corrected chi connectivity index (χ2v) is 6.86. The van der Waals surface area contributed by atoms with E-state index in [1.54, 1.807) is 0 Å². The molecule has 0 radical (unpaired) electrons. The summed E-state index contributed by atoms with van der Waals surface area (Å²) < 4.78 is 1.06. The van der Waals surface area contributed by atoms with Gasteiger partial charge in [0.2, 0.25) is 0 Å². The molecule has 0 fully saturated rings. The van der Waals surface area contributed by atoms with Gasteiger partial charge in [-0.15, -0.1) is 0 Å². The van der Waals surface area contributed by atoms with Crippen molar-refractivity contribution in [3.63, 3.8) is 0 Å². The number of hydrogen-bond donors (Lipinski definition) is 0. The smallest absolute Gasteiger partial charge is 0.128 e. The molecular formula is C20H16BrN3. The zero-order valence-electron chi connectivity index (χ0n) is 13.5. The summed E-state index contributed by atoms with van der Waals surface area (Å²) in [5.41, 5.74) is 4.01. The highest BCUT2D eigenvalue weighted by Crippen LogP contribution is 2.32. The van der Waals surface area contributed by atoms with E-state index in [-0.39, 0.29) is 0 Å². The molecule has 3 nitrogen and oxygen atoms in total. The Hall–Kier alpha value is -2.46. The molecule has 0 bridgehead atoms. The van der Waals surface area contributed by atoms with Gasteiger partial charge >= 0.3 is 0 Å². The summed E-state index contributed by atoms with van der Waals surface area (Å²) in [5.74, 6) is 0.945. The highest BCUT2D eigenvalue weighted by atomic mass is 79.9. The summed E-state index contributed by atoms with van der Waals surface area (Å²) in [5, 5.41) is 2.15. The Balaban J connectivity index is 2.10. The van der Waals surface area contributed by atoms with Crippen LogP contribution < -0.4 is 4.90 Å². The molecule has 0 aliphatic rings. The molecule has 0 amide bonds. The van der Waals surface area contributed by atoms with Crippen molar-refractivity contribution >= 4 is 43.6 Å². The first-order valence-electron chi connectivity index (χ1n) is 7.76. The van der Waals surface area contributed by atoms with Crippen molar-refractivity contribution in [3.05, 3.63) is 65.1 Å². The van der Waals surface area contributed by atoms with Crippen LogP contribution in [-0.4, -0.2) is 24.1 Å². The number of para-hydroxylation sites is 1. The van der Waals surface area contributed by atoms with E-state index in [1.807, 2.05) is 55.4 Å². The summed E-state index contributed by atoms with van der Waals surface area (Å²) in [7, 11) is 4.01. The average Bonchev–Trinajstić information content (AvgIpc) is 2.61. The van der Waals surface area contributed by atoms with Crippen molar-refractivity contribution in [1.82, 2.24) is 9.97 Å². The van der Waals surface area contributed by atoms with Gasteiger partial charge in [-0.25, -0.2) is 9.97 Å². The summed E-state index contributed by atoms with van der Waals surface area (Å²) in [6, 6.07) is 20.6. The van der Waals surface area contributed by atoms with Gasteiger partial charge in [0.1, 0.15) is 5.82 Å². The summed E-state index contributed by atoms with van der Waals surface area (Å²) >= 11 is 3.49. The summed E-state index contributed by atoms with van der Waals surface area (Å²) in [6.45, 7) is 0. The van der Waals surface area contributed by atoms with E-state index in [0.29, 0.717) is 0 Å². The minimum absolute atomic E-state index is 0.945. The van der Waals surface area contributed by atoms with Crippen molar-refractivity contribution < 1.29 is 0 Å². The van der Waals surface area contributed by atoms with E-state index in [1.165, 1.54) is 0 Å². The van der Waals surface area contributed by atoms with Crippen LogP contribution in [0.25, 0.3) is 33.1 Å². The lowest BCUT2D eigenvalue weighted by Gasteiger charge is -2.14. The van der Waals surface area contributed by atoms with Gasteiger partial charge in [-0.2, -0.15) is 0 Å². The van der Waals surface area contributed by atoms with Crippen LogP contribution in [0.2, 0.25) is 0 Å². The van der Waals surface area contributed by atoms with E-state index in [0.717, 1.165) is 43.4 Å². The predicted molar refractivity (Wildman–Crippen MR) is 105 cm³/mol. The summed E-state index contributed by atoms with van der Waals surface area (Å²) in [6.07, 6.45) is 0. The van der Waals surface area contributed by atoms with Crippen molar-refractivity contribution in [1.29, 1.82) is 0 Å². The fourth-order valence-corrected chi connectivity index (χ4v) is 3.14. The number of benzene rings is 2. The van der Waals surface area contributed by atoms with Gasteiger partial charge in [-0.3, -0.25) is 0 Å². The van der Waals surface area contributed by atoms with Gasteiger partial charge in [0.25, 0.3) is 0 Å². The third-order valence-corrected chi connectivity index (χ3v) is 4.63. The lowest BCUT2D eigenvalue weighted by atomic mass is 10.0. The van der Waals surface area contributed by atoms with Gasteiger partial charge < -0.3 is 4.90 Å². The number of fused-ring (bicyclic) bond motifs is 3. The van der Waals surface area contributed by atoms with Crippen LogP contribution in [0.4, 0.5) is 5.82 Å². The largest absolute Gasteiger partial charge is 0.363 e. The van der Waals surface area contributed by atoms with Crippen LogP contribution in [0.15, 0.2) is 65.1 Å². The Morgan fingerprint density at radius 3 is 2.29 bits per heavy atom. The maximum atomic E-state index is 4.91. The Bertz CT molecular complexity index is 1040. The van der Waals surface area contributed by atoms with Crippen LogP contribution in [0.1, 0.15) is 0 Å². The lowest BCUT2D eigenvalue weighted by molar-refractivity contribution is 1.08. The Morgan fingerprint density at radius 2 is 1.54 bits per heavy atom. The number of rotatable bonds is 2. The molecule has 2 aromatic heterocycles. The zero-order valence-corrected chi connectivity index (χ0v) is 15.1. The molecule has 0 aliphatic heterocycles. The topological polar surface area (TPSA) is 29.0 Å². The highest BCUT2D eigenvalue weighted by molar-refractivity contribution is 9.10. The van der Waals surface area contributed by atoms with Crippen molar-refractivity contribution in [3.8, 4) is 11.3 Å². The molecule has 118 valence electrons. The third kappa shape index (κ3) is 2.53. The second kappa shape index (κ2) is 5.87. The molecule has 2 aromatic carbocycles. The van der Waals surface area contributed by atoms with Gasteiger partial charge in [0.15, 0.2) is 0 Å². The molecule has 4 aromatic rings. The molecular weight excluding hydrogens is 362 g/mol. The van der Waals surface area contributed by atoms with Crippen LogP contribution >= 0.6 is 15.9 Å². The third-order valence-electron chi connectivity index (χ3n) is 4.10. The Labute approximate surface area is 149 Å². The number of hydrogen-bond acceptors (Lipinski definition) is 3. The quantitative estimate of drug-likeness (QED) is 0.445. The molecule has 4 rings (SSSR count). The van der Waals surface area contributed by atoms with Crippen LogP contribution in [0.3, 0.4) is 0 Å². The minimum atomic E-state index is 0.945. The van der Waals surface area contributed by atoms with Gasteiger partial charge in [-0.1, -0.05) is 46.3 Å². The molecule has 24 heavy (non-hydrogen) atoms. The molecule has 0 saturated carbocycles. The molecule has 0 atom stereocenters. The van der Waals surface area contributed by atoms with E-state index in [4.69, 9.17) is 9.97 Å². The normalized spacial score (nSPS) is 11.1. The van der Waals surface area contributed by atoms with Gasteiger partial charge in [-0.05, 0) is 30.3 Å². The van der Waals surface area contributed by atoms with Crippen LogP contribution in [0, 0.1) is 0 Å². The molecule has 4 heteroatoms. The maximum absolute atomic E-state index is 4.91. The number of nitrogens with zero attached hydrogens (tertiary/aromatic N) is 3. The molecule has 0 saturated heterocycles. The zero-order chi connectivity index (χ0) is 16.7. The summed E-state index contributed by atoms with van der Waals surface area (Å²) in [4.78, 5) is 11.8. The number of aromatic nitrogens is 2. The first-order valence-corrected chi connectivity index (χ1v) is 8.55. The predicted octanol–water partition coefficient (Wildman–Crippen LogP) is 5.28. The van der Waals surface area contributed by atoms with Crippen molar-refractivity contribution in [2.45, 2.75) is 0 Å². The lowest BCUT2D eigenvalue weighted by Crippen LogP contribution is -2.10. The maximum Gasteiger partial charge on any atom is 0.128 e. The monoisotopic (exact) mass is 377 g/mol. The van der Waals surface area contributed by atoms with E-state index in [2.05, 4.69) is 40.2 Å². The molecule has 0 aliphatic carbocycles. The van der Waals surface area contributed by atoms with Gasteiger partial charge in [0, 0.05) is 34.9 Å². The fourth-order valence-electron chi connectivity index (χ4n) is 2.87. The van der Waals surface area contributed by atoms with E-state index < -0.39 is 0 Å². The standard InChI is InChI=1S/C20H16BrN3/c1-24(2)18-12-11-16-19(13-7-9-14(21)10-8-13)22-17-6-4-3-5-15(17)20(16)23-18/h3-12H,1-2H3. The van der Waals surface area contributed by atoms with Crippen LogP contribution in [-0.2, 0) is 0 Å². The fraction of sp³-hybridized carbons (Fsp3) is 0.100. The first-order chi connectivity index (χ1) is 11.6. The highest BCUT2D eigenvalue weighted by Gasteiger charge is 2.12. The van der Waals surface area contributed by atoms with Crippen LogP contribution in [0.5, 0.6) is 0 Å². The van der Waals surface area contributed by atoms with Gasteiger partial charge in [0.05, 0.1) is 16.7 Å². The number of pyridine rings is 2. The SMILES string of the molecule is CN(C)c1ccc2c(-c3ccc(Br)cc3)nc3ccccc3c2n1. The van der Waals surface area contributed by atoms with Crippen molar-refractivity contribution in [2.75, 3.05) is 19.0 Å².